The van der Waals surface area contributed by atoms with Crippen LogP contribution >= 0.6 is 0 Å². The quantitative estimate of drug-likeness (QED) is 0.290. The number of aromatic amines is 1. The number of ether oxygens (including phenoxy) is 3. The van der Waals surface area contributed by atoms with Crippen molar-refractivity contribution in [3.8, 4) is 17.2 Å². The zero-order valence-corrected chi connectivity index (χ0v) is 19.7. The first-order valence-electron chi connectivity index (χ1n) is 11.2. The molecule has 0 atom stereocenters. The smallest absolute Gasteiger partial charge is 0.294 e. The van der Waals surface area contributed by atoms with Crippen LogP contribution in [0.1, 0.15) is 66.2 Å². The fourth-order valence-electron chi connectivity index (χ4n) is 3.29. The molecule has 0 aliphatic heterocycles. The molecule has 2 aromatic rings. The second-order valence-corrected chi connectivity index (χ2v) is 8.11. The Labute approximate surface area is 186 Å². The number of nitrogens with one attached hydrogen (secondary N) is 1. The molecular formula is C26H37NO4. The lowest BCUT2D eigenvalue weighted by Gasteiger charge is -2.15. The maximum absolute atomic E-state index is 12.8. The fourth-order valence-corrected chi connectivity index (χ4v) is 3.29. The lowest BCUT2D eigenvalue weighted by molar-refractivity contribution is 0.277. The number of methoxy groups -OCH3 is 1. The van der Waals surface area contributed by atoms with Gasteiger partial charge < -0.3 is 19.2 Å². The predicted molar refractivity (Wildman–Crippen MR) is 129 cm³/mol. The van der Waals surface area contributed by atoms with Crippen molar-refractivity contribution in [2.45, 2.75) is 66.2 Å². The molecule has 2 rings (SSSR count). The molecule has 0 radical (unpaired) electrons. The van der Waals surface area contributed by atoms with Gasteiger partial charge in [-0.05, 0) is 58.2 Å². The average Bonchev–Trinajstić information content (AvgIpc) is 2.74. The van der Waals surface area contributed by atoms with E-state index in [0.29, 0.717) is 30.2 Å². The monoisotopic (exact) mass is 427 g/mol. The minimum Gasteiger partial charge on any atom is -0.497 e. The molecule has 170 valence electrons. The van der Waals surface area contributed by atoms with Gasteiger partial charge in [-0.1, -0.05) is 43.4 Å². The fraction of sp³-hybridized carbons (Fsp3) is 0.500. The molecule has 0 unspecified atom stereocenters. The Bertz CT molecular complexity index is 952. The molecule has 1 aromatic heterocycles. The molecule has 0 bridgehead atoms. The Morgan fingerprint density at radius 1 is 1.03 bits per heavy atom. The number of aromatic nitrogens is 1. The second kappa shape index (κ2) is 12.9. The average molecular weight is 428 g/mol. The van der Waals surface area contributed by atoms with E-state index in [-0.39, 0.29) is 11.3 Å². The minimum absolute atomic E-state index is 0.238. The number of hydrogen-bond acceptors (Lipinski definition) is 4. The van der Waals surface area contributed by atoms with Gasteiger partial charge in [0.05, 0.1) is 19.2 Å². The van der Waals surface area contributed by atoms with Gasteiger partial charge in [0, 0.05) is 11.5 Å². The van der Waals surface area contributed by atoms with Gasteiger partial charge in [-0.3, -0.25) is 4.79 Å². The molecule has 31 heavy (non-hydrogen) atoms. The lowest BCUT2D eigenvalue weighted by Crippen LogP contribution is -2.14. The Balaban J connectivity index is 2.22. The van der Waals surface area contributed by atoms with Crippen LogP contribution in [0.3, 0.4) is 0 Å². The number of H-pyrrole nitrogens is 1. The number of allylic oxidation sites excluding steroid dienone is 3. The van der Waals surface area contributed by atoms with Gasteiger partial charge in [-0.25, -0.2) is 0 Å². The summed E-state index contributed by atoms with van der Waals surface area (Å²) in [6, 6.07) is 5.57. The molecular weight excluding hydrogens is 390 g/mol. The minimum atomic E-state index is -0.292. The number of pyridine rings is 1. The van der Waals surface area contributed by atoms with E-state index in [1.54, 1.807) is 13.2 Å². The highest BCUT2D eigenvalue weighted by molar-refractivity contribution is 5.88. The van der Waals surface area contributed by atoms with Crippen LogP contribution in [0.15, 0.2) is 46.3 Å². The normalized spacial score (nSPS) is 11.5. The van der Waals surface area contributed by atoms with Crippen LogP contribution in [-0.4, -0.2) is 25.3 Å². The highest BCUT2D eigenvalue weighted by Gasteiger charge is 2.16. The third-order valence-electron chi connectivity index (χ3n) is 5.13. The van der Waals surface area contributed by atoms with Crippen molar-refractivity contribution in [3.63, 3.8) is 0 Å². The molecule has 5 heteroatoms. The van der Waals surface area contributed by atoms with Crippen molar-refractivity contribution in [1.82, 2.24) is 4.98 Å². The first-order valence-corrected chi connectivity index (χ1v) is 11.2. The maximum atomic E-state index is 12.8. The summed E-state index contributed by atoms with van der Waals surface area (Å²) in [4.78, 5) is 15.7. The van der Waals surface area contributed by atoms with Gasteiger partial charge in [0.15, 0.2) is 5.75 Å². The molecule has 0 saturated heterocycles. The topological polar surface area (TPSA) is 60.5 Å². The summed E-state index contributed by atoms with van der Waals surface area (Å²) < 4.78 is 17.3. The molecule has 0 fully saturated rings. The van der Waals surface area contributed by atoms with Crippen LogP contribution in [-0.2, 0) is 0 Å². The molecule has 0 aliphatic carbocycles. The number of fused-ring (bicyclic) bond motifs is 1. The van der Waals surface area contributed by atoms with E-state index in [2.05, 4.69) is 38.8 Å². The van der Waals surface area contributed by atoms with E-state index >= 15 is 0 Å². The van der Waals surface area contributed by atoms with Gasteiger partial charge in [0.1, 0.15) is 12.4 Å². The van der Waals surface area contributed by atoms with Crippen LogP contribution in [0.4, 0.5) is 0 Å². The summed E-state index contributed by atoms with van der Waals surface area (Å²) >= 11 is 0. The van der Waals surface area contributed by atoms with Crippen LogP contribution in [0, 0.1) is 0 Å². The van der Waals surface area contributed by atoms with Gasteiger partial charge >= 0.3 is 0 Å². The molecule has 1 aromatic carbocycles. The van der Waals surface area contributed by atoms with Crippen LogP contribution in [0.25, 0.3) is 10.9 Å². The van der Waals surface area contributed by atoms with Crippen LogP contribution in [0.5, 0.6) is 17.2 Å². The predicted octanol–water partition coefficient (Wildman–Crippen LogP) is 6.57. The molecule has 0 saturated carbocycles. The first kappa shape index (κ1) is 24.6. The number of rotatable bonds is 13. The van der Waals surface area contributed by atoms with E-state index in [4.69, 9.17) is 14.2 Å². The van der Waals surface area contributed by atoms with Crippen molar-refractivity contribution in [2.24, 2.45) is 0 Å². The van der Waals surface area contributed by atoms with E-state index in [0.717, 1.165) is 31.1 Å². The number of hydrogen-bond donors (Lipinski definition) is 1. The summed E-state index contributed by atoms with van der Waals surface area (Å²) in [5.74, 6) is 1.43. The van der Waals surface area contributed by atoms with Gasteiger partial charge in [0.25, 0.3) is 5.56 Å². The lowest BCUT2D eigenvalue weighted by atomic mass is 10.1. The van der Waals surface area contributed by atoms with Crippen molar-refractivity contribution in [3.05, 3.63) is 51.9 Å². The highest BCUT2D eigenvalue weighted by atomic mass is 16.5. The second-order valence-electron chi connectivity index (χ2n) is 8.11. The van der Waals surface area contributed by atoms with Crippen molar-refractivity contribution >= 4 is 10.9 Å². The molecule has 1 N–H and O–H groups in total. The summed E-state index contributed by atoms with van der Waals surface area (Å²) in [6.45, 7) is 9.36. The Morgan fingerprint density at radius 3 is 2.55 bits per heavy atom. The molecule has 1 heterocycles. The summed E-state index contributed by atoms with van der Waals surface area (Å²) in [5, 5.41) is 0.815. The standard InChI is InChI=1S/C26H37NO4/c1-6-7-8-9-16-30-24-22-14-13-21(29-5)18-23(22)27-26(28)25(24)31-17-15-20(4)12-10-11-19(2)3/h11,13-15,18H,6-10,12,16-17H2,1-5H3,(H,27,28)/b20-15+. The van der Waals surface area contributed by atoms with Crippen molar-refractivity contribution < 1.29 is 14.2 Å². The van der Waals surface area contributed by atoms with Gasteiger partial charge in [-0.15, -0.1) is 0 Å². The zero-order valence-electron chi connectivity index (χ0n) is 19.7. The Kier molecular flexibility index (Phi) is 10.2. The maximum Gasteiger partial charge on any atom is 0.294 e. The van der Waals surface area contributed by atoms with E-state index in [1.807, 2.05) is 18.2 Å². The Hall–Kier alpha value is -2.69. The third-order valence-corrected chi connectivity index (χ3v) is 5.13. The number of unbranched alkanes of at least 4 members (excludes halogenated alkanes) is 3. The van der Waals surface area contributed by atoms with Gasteiger partial charge in [-0.2, -0.15) is 0 Å². The van der Waals surface area contributed by atoms with Crippen molar-refractivity contribution in [2.75, 3.05) is 20.3 Å². The first-order chi connectivity index (χ1) is 15.0. The van der Waals surface area contributed by atoms with Crippen LogP contribution in [0.2, 0.25) is 0 Å². The van der Waals surface area contributed by atoms with Crippen LogP contribution < -0.4 is 19.8 Å². The summed E-state index contributed by atoms with van der Waals surface area (Å²) in [7, 11) is 1.61. The SMILES string of the molecule is CCCCCCOc1c(OC/C=C(\C)CCC=C(C)C)c(=O)[nH]c2cc(OC)ccc12. The third kappa shape index (κ3) is 7.82. The van der Waals surface area contributed by atoms with Gasteiger partial charge in [0.2, 0.25) is 5.75 Å². The molecule has 0 aliphatic rings. The molecule has 5 nitrogen and oxygen atoms in total. The highest BCUT2D eigenvalue weighted by Crippen LogP contribution is 2.33. The van der Waals surface area contributed by atoms with E-state index in [9.17, 15) is 4.79 Å². The Morgan fingerprint density at radius 2 is 1.84 bits per heavy atom. The van der Waals surface area contributed by atoms with E-state index < -0.39 is 0 Å². The van der Waals surface area contributed by atoms with Crippen molar-refractivity contribution in [1.29, 1.82) is 0 Å². The number of benzene rings is 1. The summed E-state index contributed by atoms with van der Waals surface area (Å²) in [6.07, 6.45) is 10.6. The van der Waals surface area contributed by atoms with E-state index in [1.165, 1.54) is 24.0 Å². The summed E-state index contributed by atoms with van der Waals surface area (Å²) in [5.41, 5.74) is 2.94. The molecule has 0 amide bonds. The molecule has 0 spiro atoms. The largest absolute Gasteiger partial charge is 0.497 e. The zero-order chi connectivity index (χ0) is 22.6.